The number of hydrogen-bond donors (Lipinski definition) is 1. The van der Waals surface area contributed by atoms with Crippen LogP contribution < -0.4 is 5.32 Å². The normalized spacial score (nSPS) is 9.67. The highest BCUT2D eigenvalue weighted by Gasteiger charge is 2.08. The van der Waals surface area contributed by atoms with E-state index in [0.717, 1.165) is 16.2 Å². The molecule has 1 aromatic carbocycles. The molecule has 3 heteroatoms. The summed E-state index contributed by atoms with van der Waals surface area (Å²) in [7, 11) is 0. The lowest BCUT2D eigenvalue weighted by atomic mass is 10.2. The van der Waals surface area contributed by atoms with Gasteiger partial charge in [-0.2, -0.15) is 0 Å². The molecular formula is C12H15NOS. The van der Waals surface area contributed by atoms with E-state index in [0.29, 0.717) is 6.54 Å². The Kier molecular flexibility index (Phi) is 4.98. The number of hydrogen-bond acceptors (Lipinski definition) is 2. The van der Waals surface area contributed by atoms with Crippen molar-refractivity contribution in [2.45, 2.75) is 11.8 Å². The molecule has 1 amide bonds. The minimum absolute atomic E-state index is 0.0357. The Hall–Kier alpha value is -1.22. The summed E-state index contributed by atoms with van der Waals surface area (Å²) < 4.78 is 0. The second-order valence-corrected chi connectivity index (χ2v) is 4.23. The average molecular weight is 221 g/mol. The molecule has 2 nitrogen and oxygen atoms in total. The molecule has 0 bridgehead atoms. The third kappa shape index (κ3) is 3.44. The van der Waals surface area contributed by atoms with Crippen LogP contribution >= 0.6 is 11.8 Å². The molecule has 15 heavy (non-hydrogen) atoms. The number of amides is 1. The summed E-state index contributed by atoms with van der Waals surface area (Å²) in [5, 5.41) is 2.78. The summed E-state index contributed by atoms with van der Waals surface area (Å²) in [6, 6.07) is 7.64. The van der Waals surface area contributed by atoms with E-state index in [1.165, 1.54) is 0 Å². The molecule has 0 spiro atoms. The molecule has 0 fully saturated rings. The number of benzene rings is 1. The van der Waals surface area contributed by atoms with Gasteiger partial charge in [-0.1, -0.05) is 25.1 Å². The molecule has 0 atom stereocenters. The van der Waals surface area contributed by atoms with E-state index in [1.807, 2.05) is 24.3 Å². The number of carbonyl (C=O) groups excluding carboxylic acids is 1. The lowest BCUT2D eigenvalue weighted by Crippen LogP contribution is -2.23. The van der Waals surface area contributed by atoms with Gasteiger partial charge in [-0.3, -0.25) is 4.79 Å². The first-order chi connectivity index (χ1) is 7.29. The van der Waals surface area contributed by atoms with E-state index < -0.39 is 0 Å². The summed E-state index contributed by atoms with van der Waals surface area (Å²) in [6.45, 7) is 6.14. The molecule has 1 N–H and O–H groups in total. The highest BCUT2D eigenvalue weighted by molar-refractivity contribution is 7.99. The van der Waals surface area contributed by atoms with Crippen LogP contribution in [-0.2, 0) is 0 Å². The molecule has 0 aliphatic heterocycles. The number of carbonyl (C=O) groups is 1. The Labute approximate surface area is 94.8 Å². The van der Waals surface area contributed by atoms with E-state index in [2.05, 4.69) is 18.8 Å². The first-order valence-electron chi connectivity index (χ1n) is 4.90. The van der Waals surface area contributed by atoms with Gasteiger partial charge in [0.25, 0.3) is 5.91 Å². The molecule has 0 aromatic heterocycles. The van der Waals surface area contributed by atoms with E-state index in [1.54, 1.807) is 17.8 Å². The minimum Gasteiger partial charge on any atom is -0.349 e. The SMILES string of the molecule is C=CCNC(=O)c1ccccc1SCC. The van der Waals surface area contributed by atoms with Gasteiger partial charge in [-0.25, -0.2) is 0 Å². The van der Waals surface area contributed by atoms with Crippen molar-refractivity contribution in [3.8, 4) is 0 Å². The van der Waals surface area contributed by atoms with Gasteiger partial charge in [0.1, 0.15) is 0 Å². The van der Waals surface area contributed by atoms with Crippen LogP contribution in [0.25, 0.3) is 0 Å². The Bertz CT molecular complexity index is 349. The third-order valence-electron chi connectivity index (χ3n) is 1.84. The van der Waals surface area contributed by atoms with Crippen molar-refractivity contribution in [2.24, 2.45) is 0 Å². The summed E-state index contributed by atoms with van der Waals surface area (Å²) in [5.41, 5.74) is 0.742. The molecule has 0 aliphatic carbocycles. The van der Waals surface area contributed by atoms with Crippen LogP contribution in [-0.4, -0.2) is 18.2 Å². The van der Waals surface area contributed by atoms with Crippen molar-refractivity contribution in [2.75, 3.05) is 12.3 Å². The molecule has 0 saturated carbocycles. The zero-order valence-corrected chi connectivity index (χ0v) is 9.64. The summed E-state index contributed by atoms with van der Waals surface area (Å²) in [4.78, 5) is 12.8. The topological polar surface area (TPSA) is 29.1 Å². The second-order valence-electron chi connectivity index (χ2n) is 2.93. The van der Waals surface area contributed by atoms with Crippen molar-refractivity contribution >= 4 is 17.7 Å². The number of thioether (sulfide) groups is 1. The monoisotopic (exact) mass is 221 g/mol. The molecule has 0 saturated heterocycles. The van der Waals surface area contributed by atoms with Crippen LogP contribution in [0.15, 0.2) is 41.8 Å². The fourth-order valence-corrected chi connectivity index (χ4v) is 2.00. The standard InChI is InChI=1S/C12H15NOS/c1-3-9-13-12(14)10-7-5-6-8-11(10)15-4-2/h3,5-8H,1,4,9H2,2H3,(H,13,14). The molecule has 1 rings (SSSR count). The molecule has 0 radical (unpaired) electrons. The van der Waals surface area contributed by atoms with E-state index >= 15 is 0 Å². The van der Waals surface area contributed by atoms with E-state index in [4.69, 9.17) is 0 Å². The maximum atomic E-state index is 11.7. The Balaban J connectivity index is 2.81. The van der Waals surface area contributed by atoms with Crippen LogP contribution in [0.5, 0.6) is 0 Å². The van der Waals surface area contributed by atoms with Crippen LogP contribution in [0.4, 0.5) is 0 Å². The Morgan fingerprint density at radius 3 is 2.93 bits per heavy atom. The third-order valence-corrected chi connectivity index (χ3v) is 2.79. The molecule has 0 aliphatic rings. The molecule has 80 valence electrons. The fourth-order valence-electron chi connectivity index (χ4n) is 1.20. The predicted octanol–water partition coefficient (Wildman–Crippen LogP) is 2.71. The predicted molar refractivity (Wildman–Crippen MR) is 65.4 cm³/mol. The largest absolute Gasteiger partial charge is 0.349 e. The number of nitrogens with one attached hydrogen (secondary N) is 1. The van der Waals surface area contributed by atoms with Crippen LogP contribution in [0.2, 0.25) is 0 Å². The maximum absolute atomic E-state index is 11.7. The molecular weight excluding hydrogens is 206 g/mol. The Morgan fingerprint density at radius 2 is 2.27 bits per heavy atom. The van der Waals surface area contributed by atoms with Crippen molar-refractivity contribution in [3.63, 3.8) is 0 Å². The molecule has 1 aromatic rings. The lowest BCUT2D eigenvalue weighted by Gasteiger charge is -2.07. The highest BCUT2D eigenvalue weighted by Crippen LogP contribution is 2.21. The van der Waals surface area contributed by atoms with Gasteiger partial charge in [-0.15, -0.1) is 18.3 Å². The zero-order chi connectivity index (χ0) is 11.1. The molecule has 0 unspecified atom stereocenters. The van der Waals surface area contributed by atoms with Gasteiger partial charge in [0.15, 0.2) is 0 Å². The van der Waals surface area contributed by atoms with Crippen LogP contribution in [0.3, 0.4) is 0 Å². The van der Waals surface area contributed by atoms with Gasteiger partial charge >= 0.3 is 0 Å². The van der Waals surface area contributed by atoms with E-state index in [9.17, 15) is 4.79 Å². The first kappa shape index (κ1) is 11.9. The Morgan fingerprint density at radius 1 is 1.53 bits per heavy atom. The maximum Gasteiger partial charge on any atom is 0.252 e. The average Bonchev–Trinajstić information content (AvgIpc) is 2.27. The summed E-state index contributed by atoms with van der Waals surface area (Å²) >= 11 is 1.68. The molecule has 0 heterocycles. The fraction of sp³-hybridized carbons (Fsp3) is 0.250. The van der Waals surface area contributed by atoms with Gasteiger partial charge in [0, 0.05) is 11.4 Å². The number of rotatable bonds is 5. The minimum atomic E-state index is -0.0357. The van der Waals surface area contributed by atoms with Gasteiger partial charge in [-0.05, 0) is 17.9 Å². The van der Waals surface area contributed by atoms with Gasteiger partial charge in [0.2, 0.25) is 0 Å². The van der Waals surface area contributed by atoms with Crippen molar-refractivity contribution < 1.29 is 4.79 Å². The highest BCUT2D eigenvalue weighted by atomic mass is 32.2. The van der Waals surface area contributed by atoms with Crippen LogP contribution in [0.1, 0.15) is 17.3 Å². The van der Waals surface area contributed by atoms with Crippen molar-refractivity contribution in [1.29, 1.82) is 0 Å². The van der Waals surface area contributed by atoms with Crippen LogP contribution in [0, 0.1) is 0 Å². The summed E-state index contributed by atoms with van der Waals surface area (Å²) in [5.74, 6) is 0.928. The van der Waals surface area contributed by atoms with Gasteiger partial charge in [0.05, 0.1) is 5.56 Å². The first-order valence-corrected chi connectivity index (χ1v) is 5.89. The lowest BCUT2D eigenvalue weighted by molar-refractivity contribution is 0.0955. The summed E-state index contributed by atoms with van der Waals surface area (Å²) in [6.07, 6.45) is 1.67. The van der Waals surface area contributed by atoms with Gasteiger partial charge < -0.3 is 5.32 Å². The van der Waals surface area contributed by atoms with Crippen molar-refractivity contribution in [3.05, 3.63) is 42.5 Å². The quantitative estimate of drug-likeness (QED) is 0.612. The zero-order valence-electron chi connectivity index (χ0n) is 8.82. The smallest absolute Gasteiger partial charge is 0.252 e. The van der Waals surface area contributed by atoms with Crippen molar-refractivity contribution in [1.82, 2.24) is 5.32 Å². The van der Waals surface area contributed by atoms with E-state index in [-0.39, 0.29) is 5.91 Å². The second kappa shape index (κ2) is 6.30.